The lowest BCUT2D eigenvalue weighted by atomic mass is 10.2. The monoisotopic (exact) mass is 300 g/mol. The minimum Gasteiger partial charge on any atom is -0.395 e. The minimum atomic E-state index is -0.441. The number of rotatable bonds is 7. The van der Waals surface area contributed by atoms with Gasteiger partial charge in [-0.2, -0.15) is 0 Å². The first-order chi connectivity index (χ1) is 10.2. The number of hydrogen-bond donors (Lipinski definition) is 1. The molecule has 0 bridgehead atoms. The summed E-state index contributed by atoms with van der Waals surface area (Å²) in [6.45, 7) is 5.53. The first-order valence-electron chi connectivity index (χ1n) is 7.26. The second kappa shape index (κ2) is 8.38. The third-order valence-corrected chi connectivity index (χ3v) is 3.65. The molecule has 118 valence electrons. The zero-order valence-electron chi connectivity index (χ0n) is 12.1. The molecule has 1 N–H and O–H groups in total. The summed E-state index contributed by atoms with van der Waals surface area (Å²) >= 11 is 0. The highest BCUT2D eigenvalue weighted by Gasteiger charge is 2.14. The predicted molar refractivity (Wildman–Crippen MR) is 76.0 cm³/mol. The molecule has 0 saturated carbocycles. The number of hydrogen-bond acceptors (Lipinski definition) is 4. The lowest BCUT2D eigenvalue weighted by Crippen LogP contribution is -2.42. The van der Waals surface area contributed by atoms with Crippen molar-refractivity contribution in [1.82, 2.24) is 9.80 Å². The van der Waals surface area contributed by atoms with Crippen LogP contribution in [-0.2, 0) is 11.3 Å². The van der Waals surface area contributed by atoms with Crippen molar-refractivity contribution in [3.05, 3.63) is 35.4 Å². The van der Waals surface area contributed by atoms with Crippen LogP contribution in [0.4, 0.5) is 8.78 Å². The summed E-state index contributed by atoms with van der Waals surface area (Å²) < 4.78 is 32.2. The summed E-state index contributed by atoms with van der Waals surface area (Å²) in [5.41, 5.74) is 0.324. The van der Waals surface area contributed by atoms with E-state index in [1.165, 1.54) is 6.07 Å². The lowest BCUT2D eigenvalue weighted by Gasteiger charge is -2.29. The van der Waals surface area contributed by atoms with E-state index in [-0.39, 0.29) is 6.61 Å². The molecule has 21 heavy (non-hydrogen) atoms. The van der Waals surface area contributed by atoms with E-state index in [9.17, 15) is 8.78 Å². The van der Waals surface area contributed by atoms with Gasteiger partial charge in [-0.3, -0.25) is 9.80 Å². The number of ether oxygens (including phenoxy) is 1. The Bertz CT molecular complexity index is 440. The third kappa shape index (κ3) is 5.32. The Labute approximate surface area is 123 Å². The van der Waals surface area contributed by atoms with Crippen molar-refractivity contribution in [1.29, 1.82) is 0 Å². The highest BCUT2D eigenvalue weighted by atomic mass is 19.1. The molecule has 1 aromatic carbocycles. The van der Waals surface area contributed by atoms with E-state index in [1.807, 2.05) is 4.90 Å². The number of aliphatic hydroxyl groups is 1. The molecule has 6 heteroatoms. The minimum absolute atomic E-state index is 0.0000455. The largest absolute Gasteiger partial charge is 0.395 e. The fourth-order valence-electron chi connectivity index (χ4n) is 2.42. The number of halogens is 2. The highest BCUT2D eigenvalue weighted by Crippen LogP contribution is 2.12. The summed E-state index contributed by atoms with van der Waals surface area (Å²) in [6.07, 6.45) is 0. The second-order valence-electron chi connectivity index (χ2n) is 5.19. The Morgan fingerprint density at radius 1 is 1.19 bits per heavy atom. The van der Waals surface area contributed by atoms with Gasteiger partial charge in [0.1, 0.15) is 11.6 Å². The van der Waals surface area contributed by atoms with Crippen LogP contribution in [0.1, 0.15) is 5.56 Å². The Morgan fingerprint density at radius 3 is 2.67 bits per heavy atom. The summed E-state index contributed by atoms with van der Waals surface area (Å²) in [5.74, 6) is -0.853. The zero-order chi connectivity index (χ0) is 15.1. The molecule has 0 radical (unpaired) electrons. The first kappa shape index (κ1) is 16.3. The molecule has 1 aliphatic rings. The van der Waals surface area contributed by atoms with Crippen molar-refractivity contribution in [3.63, 3.8) is 0 Å². The summed E-state index contributed by atoms with van der Waals surface area (Å²) in [5, 5.41) is 9.13. The molecule has 1 heterocycles. The molecule has 1 saturated heterocycles. The van der Waals surface area contributed by atoms with Crippen molar-refractivity contribution in [2.75, 3.05) is 52.5 Å². The van der Waals surface area contributed by atoms with Crippen LogP contribution >= 0.6 is 0 Å². The van der Waals surface area contributed by atoms with Crippen LogP contribution in [0.5, 0.6) is 0 Å². The average molecular weight is 300 g/mol. The number of nitrogens with zero attached hydrogens (tertiary/aromatic N) is 2. The van der Waals surface area contributed by atoms with Gasteiger partial charge in [0.05, 0.1) is 19.8 Å². The van der Waals surface area contributed by atoms with Crippen molar-refractivity contribution in [2.45, 2.75) is 6.54 Å². The van der Waals surface area contributed by atoms with Crippen LogP contribution in [0.25, 0.3) is 0 Å². The fourth-order valence-corrected chi connectivity index (χ4v) is 2.42. The van der Waals surface area contributed by atoms with Crippen molar-refractivity contribution >= 4 is 0 Å². The third-order valence-electron chi connectivity index (χ3n) is 3.65. The second-order valence-corrected chi connectivity index (χ2v) is 5.19. The molecular formula is C15H22F2N2O2. The molecule has 0 atom stereocenters. The zero-order valence-corrected chi connectivity index (χ0v) is 12.1. The molecule has 0 amide bonds. The van der Waals surface area contributed by atoms with Crippen LogP contribution < -0.4 is 0 Å². The molecule has 1 aromatic rings. The Hall–Kier alpha value is -1.08. The van der Waals surface area contributed by atoms with Crippen LogP contribution in [0.15, 0.2) is 18.2 Å². The van der Waals surface area contributed by atoms with Gasteiger partial charge in [-0.1, -0.05) is 0 Å². The molecule has 0 spiro atoms. The van der Waals surface area contributed by atoms with Gasteiger partial charge in [-0.15, -0.1) is 0 Å². The molecule has 4 nitrogen and oxygen atoms in total. The van der Waals surface area contributed by atoms with E-state index in [0.717, 1.165) is 45.0 Å². The van der Waals surface area contributed by atoms with E-state index in [4.69, 9.17) is 9.84 Å². The first-order valence-corrected chi connectivity index (χ1v) is 7.26. The van der Waals surface area contributed by atoms with Gasteiger partial charge in [-0.25, -0.2) is 8.78 Å². The topological polar surface area (TPSA) is 35.9 Å². The van der Waals surface area contributed by atoms with Crippen molar-refractivity contribution in [3.8, 4) is 0 Å². The summed E-state index contributed by atoms with van der Waals surface area (Å²) in [4.78, 5) is 4.21. The van der Waals surface area contributed by atoms with Crippen molar-refractivity contribution in [2.24, 2.45) is 0 Å². The summed E-state index contributed by atoms with van der Waals surface area (Å²) in [7, 11) is 0. The molecule has 0 aliphatic carbocycles. The van der Waals surface area contributed by atoms with E-state index in [0.29, 0.717) is 25.2 Å². The molecule has 1 fully saturated rings. The van der Waals surface area contributed by atoms with Gasteiger partial charge in [0.2, 0.25) is 0 Å². The quantitative estimate of drug-likeness (QED) is 0.818. The van der Waals surface area contributed by atoms with Gasteiger partial charge < -0.3 is 9.84 Å². The van der Waals surface area contributed by atoms with Gasteiger partial charge in [-0.05, 0) is 18.2 Å². The normalized spacial score (nSPS) is 16.6. The van der Waals surface area contributed by atoms with E-state index in [2.05, 4.69) is 4.90 Å². The Morgan fingerprint density at radius 2 is 1.95 bits per heavy atom. The maximum absolute atomic E-state index is 13.7. The number of morpholine rings is 1. The summed E-state index contributed by atoms with van der Waals surface area (Å²) in [6, 6.07) is 3.47. The van der Waals surface area contributed by atoms with Crippen molar-refractivity contribution < 1.29 is 18.6 Å². The van der Waals surface area contributed by atoms with E-state index < -0.39 is 11.6 Å². The Balaban J connectivity index is 1.89. The van der Waals surface area contributed by atoms with E-state index in [1.54, 1.807) is 0 Å². The number of aliphatic hydroxyl groups excluding tert-OH is 1. The van der Waals surface area contributed by atoms with Crippen LogP contribution in [0.2, 0.25) is 0 Å². The Kier molecular flexibility index (Phi) is 6.50. The number of benzene rings is 1. The van der Waals surface area contributed by atoms with Crippen LogP contribution in [-0.4, -0.2) is 67.5 Å². The highest BCUT2D eigenvalue weighted by molar-refractivity contribution is 5.18. The van der Waals surface area contributed by atoms with Crippen LogP contribution in [0.3, 0.4) is 0 Å². The maximum atomic E-state index is 13.7. The lowest BCUT2D eigenvalue weighted by molar-refractivity contribution is 0.0319. The fraction of sp³-hybridized carbons (Fsp3) is 0.600. The maximum Gasteiger partial charge on any atom is 0.127 e. The predicted octanol–water partition coefficient (Wildman–Crippen LogP) is 1.09. The molecule has 2 rings (SSSR count). The van der Waals surface area contributed by atoms with Gasteiger partial charge in [0, 0.05) is 44.8 Å². The SMILES string of the molecule is OCCN(CCN1CCOCC1)Cc1cc(F)ccc1F. The molecule has 1 aliphatic heterocycles. The molecule has 0 aromatic heterocycles. The average Bonchev–Trinajstić information content (AvgIpc) is 2.50. The van der Waals surface area contributed by atoms with Gasteiger partial charge in [0.25, 0.3) is 0 Å². The van der Waals surface area contributed by atoms with Crippen LogP contribution in [0, 0.1) is 11.6 Å². The van der Waals surface area contributed by atoms with Gasteiger partial charge >= 0.3 is 0 Å². The molecular weight excluding hydrogens is 278 g/mol. The smallest absolute Gasteiger partial charge is 0.127 e. The standard InChI is InChI=1S/C15H22F2N2O2/c16-14-1-2-15(17)13(11-14)12-19(5-8-20)4-3-18-6-9-21-10-7-18/h1-2,11,20H,3-10,12H2. The van der Waals surface area contributed by atoms with Gasteiger partial charge in [0.15, 0.2) is 0 Å². The van der Waals surface area contributed by atoms with E-state index >= 15 is 0 Å². The molecule has 0 unspecified atom stereocenters.